The molecule has 0 unspecified atom stereocenters. The summed E-state index contributed by atoms with van der Waals surface area (Å²) in [4.78, 5) is 35.7. The first-order valence-electron chi connectivity index (χ1n) is 10.3. The topological polar surface area (TPSA) is 113 Å². The molecule has 2 aromatic heterocycles. The zero-order valence-electron chi connectivity index (χ0n) is 18.5. The van der Waals surface area contributed by atoms with Crippen LogP contribution in [0.15, 0.2) is 40.4 Å². The van der Waals surface area contributed by atoms with Crippen molar-refractivity contribution in [1.29, 1.82) is 0 Å². The van der Waals surface area contributed by atoms with E-state index in [9.17, 15) is 9.59 Å². The number of thioether (sulfide) groups is 1. The van der Waals surface area contributed by atoms with Crippen molar-refractivity contribution in [2.24, 2.45) is 4.99 Å². The highest BCUT2D eigenvalue weighted by Gasteiger charge is 2.23. The number of carbonyl (C=O) groups is 1. The summed E-state index contributed by atoms with van der Waals surface area (Å²) in [6, 6.07) is 6.04. The van der Waals surface area contributed by atoms with E-state index >= 15 is 0 Å². The Kier molecular flexibility index (Phi) is 5.96. The summed E-state index contributed by atoms with van der Waals surface area (Å²) in [5.41, 5.74) is 4.60. The van der Waals surface area contributed by atoms with Crippen LogP contribution in [0, 0.1) is 0 Å². The molecule has 0 radical (unpaired) electrons. The lowest BCUT2D eigenvalue weighted by molar-refractivity contribution is 0.0529. The van der Waals surface area contributed by atoms with Crippen LogP contribution in [-0.2, 0) is 11.2 Å². The number of hydrogen-bond donors (Lipinski definition) is 3. The van der Waals surface area contributed by atoms with Gasteiger partial charge in [-0.25, -0.2) is 9.78 Å². The summed E-state index contributed by atoms with van der Waals surface area (Å²) in [6.07, 6.45) is 5.65. The molecule has 1 aliphatic carbocycles. The predicted octanol–water partition coefficient (Wildman–Crippen LogP) is 3.25. The lowest BCUT2D eigenvalue weighted by Crippen LogP contribution is -2.33. The van der Waals surface area contributed by atoms with Gasteiger partial charge in [0.05, 0.1) is 17.9 Å². The Hall–Kier alpha value is -3.27. The van der Waals surface area contributed by atoms with Gasteiger partial charge in [0.2, 0.25) is 5.65 Å². The number of rotatable bonds is 4. The third-order valence-corrected chi connectivity index (χ3v) is 5.49. The van der Waals surface area contributed by atoms with Crippen LogP contribution < -0.4 is 16.2 Å². The monoisotopic (exact) mass is 454 g/mol. The number of ether oxygens (including phenoxy) is 1. The number of hydrogen-bond acceptors (Lipinski definition) is 6. The van der Waals surface area contributed by atoms with Gasteiger partial charge in [0.25, 0.3) is 5.56 Å². The van der Waals surface area contributed by atoms with Crippen molar-refractivity contribution in [3.05, 3.63) is 52.2 Å². The van der Waals surface area contributed by atoms with Gasteiger partial charge in [-0.1, -0.05) is 17.8 Å². The number of aromatic nitrogens is 3. The number of benzene rings is 1. The van der Waals surface area contributed by atoms with Gasteiger partial charge in [0, 0.05) is 36.6 Å². The average Bonchev–Trinajstić information content (AvgIpc) is 3.34. The Labute approximate surface area is 189 Å². The first-order chi connectivity index (χ1) is 15.2. The van der Waals surface area contributed by atoms with Crippen molar-refractivity contribution in [1.82, 2.24) is 19.7 Å². The summed E-state index contributed by atoms with van der Waals surface area (Å²) >= 11 is 1.49. The highest BCUT2D eigenvalue weighted by atomic mass is 32.2. The maximum Gasteiger partial charge on any atom is 0.407 e. The minimum Gasteiger partial charge on any atom is -0.444 e. The van der Waals surface area contributed by atoms with Gasteiger partial charge < -0.3 is 20.4 Å². The number of anilines is 1. The smallest absolute Gasteiger partial charge is 0.407 e. The largest absolute Gasteiger partial charge is 0.444 e. The minimum absolute atomic E-state index is 0.194. The Balaban J connectivity index is 1.42. The molecule has 0 spiro atoms. The summed E-state index contributed by atoms with van der Waals surface area (Å²) in [6.45, 7) is 6.29. The van der Waals surface area contributed by atoms with E-state index in [2.05, 4.69) is 31.7 Å². The van der Waals surface area contributed by atoms with Gasteiger partial charge >= 0.3 is 6.09 Å². The number of nitrogens with zero attached hydrogens (tertiary/aromatic N) is 3. The Morgan fingerprint density at radius 3 is 2.94 bits per heavy atom. The minimum atomic E-state index is -0.525. The molecule has 0 atom stereocenters. The number of imidazole rings is 1. The molecule has 0 saturated carbocycles. The molecule has 10 heteroatoms. The average molecular weight is 455 g/mol. The van der Waals surface area contributed by atoms with Crippen molar-refractivity contribution in [3.63, 3.8) is 0 Å². The second-order valence-corrected chi connectivity index (χ2v) is 9.18. The van der Waals surface area contributed by atoms with Crippen LogP contribution in [0.4, 0.5) is 10.5 Å². The molecule has 32 heavy (non-hydrogen) atoms. The Bertz CT molecular complexity index is 1250. The number of alkyl carbamates (subject to hydrolysis) is 1. The molecule has 1 aromatic carbocycles. The SMILES string of the molecule is CSC(=NCCNC(=O)OC(C)(C)C)Nc1ccc2c(c1)Cc1c-2[nH]c(=O)c2nccn12. The number of fused-ring (bicyclic) bond motifs is 5. The highest BCUT2D eigenvalue weighted by molar-refractivity contribution is 8.13. The van der Waals surface area contributed by atoms with E-state index in [1.165, 1.54) is 11.8 Å². The van der Waals surface area contributed by atoms with Crippen LogP contribution in [0.2, 0.25) is 0 Å². The number of H-pyrrole nitrogens is 1. The van der Waals surface area contributed by atoms with Crippen LogP contribution in [0.3, 0.4) is 0 Å². The van der Waals surface area contributed by atoms with Gasteiger partial charge in [-0.05, 0) is 44.7 Å². The molecule has 3 N–H and O–H groups in total. The first kappa shape index (κ1) is 21.9. The summed E-state index contributed by atoms with van der Waals surface area (Å²) in [5, 5.41) is 6.78. The third-order valence-electron chi connectivity index (χ3n) is 4.87. The molecule has 0 saturated heterocycles. The van der Waals surface area contributed by atoms with E-state index in [4.69, 9.17) is 4.74 Å². The molecule has 0 bridgehead atoms. The van der Waals surface area contributed by atoms with Gasteiger partial charge in [0.15, 0.2) is 5.17 Å². The summed E-state index contributed by atoms with van der Waals surface area (Å²) < 4.78 is 7.07. The normalized spacial score (nSPS) is 13.1. The maximum absolute atomic E-state index is 12.3. The van der Waals surface area contributed by atoms with Crippen molar-refractivity contribution in [2.45, 2.75) is 32.8 Å². The van der Waals surface area contributed by atoms with Crippen LogP contribution in [0.1, 0.15) is 32.0 Å². The third kappa shape index (κ3) is 4.64. The van der Waals surface area contributed by atoms with Crippen molar-refractivity contribution >= 4 is 34.4 Å². The number of amidine groups is 1. The number of amides is 1. The zero-order valence-corrected chi connectivity index (χ0v) is 19.3. The van der Waals surface area contributed by atoms with E-state index in [1.807, 2.05) is 49.8 Å². The quantitative estimate of drug-likeness (QED) is 0.248. The number of carbonyl (C=O) groups excluding carboxylic acids is 1. The second-order valence-electron chi connectivity index (χ2n) is 8.39. The van der Waals surface area contributed by atoms with Gasteiger partial charge in [-0.3, -0.25) is 14.2 Å². The highest BCUT2D eigenvalue weighted by Crippen LogP contribution is 2.36. The molecular weight excluding hydrogens is 428 g/mol. The van der Waals surface area contributed by atoms with E-state index in [0.29, 0.717) is 25.2 Å². The second kappa shape index (κ2) is 8.70. The molecule has 1 amide bonds. The summed E-state index contributed by atoms with van der Waals surface area (Å²) in [7, 11) is 0. The van der Waals surface area contributed by atoms with Crippen molar-refractivity contribution < 1.29 is 9.53 Å². The van der Waals surface area contributed by atoms with Crippen molar-refractivity contribution in [2.75, 3.05) is 24.7 Å². The van der Waals surface area contributed by atoms with Gasteiger partial charge in [-0.15, -0.1) is 0 Å². The van der Waals surface area contributed by atoms with Gasteiger partial charge in [-0.2, -0.15) is 0 Å². The van der Waals surface area contributed by atoms with Crippen LogP contribution >= 0.6 is 11.8 Å². The van der Waals surface area contributed by atoms with Crippen LogP contribution in [0.25, 0.3) is 16.9 Å². The Morgan fingerprint density at radius 2 is 2.19 bits per heavy atom. The van der Waals surface area contributed by atoms with E-state index in [-0.39, 0.29) is 5.56 Å². The lowest BCUT2D eigenvalue weighted by atomic mass is 10.1. The number of aliphatic imine (C=N–C) groups is 1. The fraction of sp³-hybridized carbons (Fsp3) is 0.364. The molecular formula is C22H26N6O3S. The number of nitrogens with one attached hydrogen (secondary N) is 3. The molecule has 168 valence electrons. The lowest BCUT2D eigenvalue weighted by Gasteiger charge is -2.19. The van der Waals surface area contributed by atoms with Crippen LogP contribution in [-0.4, -0.2) is 50.6 Å². The van der Waals surface area contributed by atoms with Gasteiger partial charge in [0.1, 0.15) is 5.60 Å². The van der Waals surface area contributed by atoms with Crippen LogP contribution in [0.5, 0.6) is 0 Å². The molecule has 0 fully saturated rings. The molecule has 3 aromatic rings. The fourth-order valence-corrected chi connectivity index (χ4v) is 4.04. The molecule has 9 nitrogen and oxygen atoms in total. The summed E-state index contributed by atoms with van der Waals surface area (Å²) in [5.74, 6) is 0. The molecule has 0 aliphatic heterocycles. The van der Waals surface area contributed by atoms with E-state index in [0.717, 1.165) is 33.4 Å². The van der Waals surface area contributed by atoms with E-state index < -0.39 is 11.7 Å². The van der Waals surface area contributed by atoms with E-state index in [1.54, 1.807) is 6.20 Å². The molecule has 4 rings (SSSR count). The fourth-order valence-electron chi connectivity index (χ4n) is 3.60. The predicted molar refractivity (Wildman–Crippen MR) is 128 cm³/mol. The number of aromatic amines is 1. The maximum atomic E-state index is 12.3. The van der Waals surface area contributed by atoms with Crippen molar-refractivity contribution in [3.8, 4) is 11.3 Å². The first-order valence-corrected chi connectivity index (χ1v) is 11.5. The molecule has 1 aliphatic rings. The standard InChI is InChI=1S/C22H26N6O3S/c1-22(2,3)31-21(30)25-8-7-24-20(32-4)26-14-5-6-15-13(11-14)12-16-17(15)27-19(29)18-23-9-10-28(16)18/h5-6,9-11H,7-8,12H2,1-4H3,(H,24,26)(H,25,30)(H,27,29). The Morgan fingerprint density at radius 1 is 1.38 bits per heavy atom. The molecule has 2 heterocycles. The zero-order chi connectivity index (χ0) is 22.9.